The minimum Gasteiger partial charge on any atom is -0.493 e. The molecule has 1 aromatic rings. The molecule has 1 aliphatic rings. The van der Waals surface area contributed by atoms with E-state index in [4.69, 9.17) is 4.74 Å². The molecule has 1 heterocycles. The van der Waals surface area contributed by atoms with Gasteiger partial charge in [0.2, 0.25) is 5.91 Å². The van der Waals surface area contributed by atoms with Crippen LogP contribution >= 0.6 is 0 Å². The van der Waals surface area contributed by atoms with E-state index in [2.05, 4.69) is 0 Å². The molecular formula is C16H22FNO3. The maximum atomic E-state index is 13.3. The van der Waals surface area contributed by atoms with Gasteiger partial charge in [-0.2, -0.15) is 0 Å². The second-order valence-electron chi connectivity index (χ2n) is 5.53. The predicted octanol–water partition coefficient (Wildman–Crippen LogP) is 2.00. The van der Waals surface area contributed by atoms with E-state index in [0.29, 0.717) is 0 Å². The smallest absolute Gasteiger partial charge is 0.226 e. The van der Waals surface area contributed by atoms with Gasteiger partial charge in [-0.05, 0) is 25.0 Å². The van der Waals surface area contributed by atoms with Gasteiger partial charge in [-0.15, -0.1) is 0 Å². The van der Waals surface area contributed by atoms with Gasteiger partial charge < -0.3 is 14.7 Å². The van der Waals surface area contributed by atoms with Gasteiger partial charge in [0, 0.05) is 6.42 Å². The van der Waals surface area contributed by atoms with E-state index in [9.17, 15) is 14.3 Å². The van der Waals surface area contributed by atoms with Crippen molar-refractivity contribution in [3.05, 3.63) is 29.3 Å². The Morgan fingerprint density at radius 2 is 2.10 bits per heavy atom. The fraction of sp³-hybridized carbons (Fsp3) is 0.562. The molecule has 1 fully saturated rings. The third kappa shape index (κ3) is 3.73. The normalized spacial score (nSPS) is 21.6. The summed E-state index contributed by atoms with van der Waals surface area (Å²) in [5.74, 6) is 0.634. The number of aliphatic hydroxyl groups excluding tert-OH is 1. The van der Waals surface area contributed by atoms with E-state index in [1.165, 1.54) is 4.90 Å². The second-order valence-corrected chi connectivity index (χ2v) is 5.53. The molecular weight excluding hydrogens is 273 g/mol. The van der Waals surface area contributed by atoms with E-state index in [-0.39, 0.29) is 38.5 Å². The molecule has 4 nitrogen and oxygen atoms in total. The summed E-state index contributed by atoms with van der Waals surface area (Å²) in [7, 11) is 0. The number of hydrogen-bond donors (Lipinski definition) is 1. The molecule has 2 atom stereocenters. The number of hydrogen-bond acceptors (Lipinski definition) is 3. The maximum Gasteiger partial charge on any atom is 0.226 e. The van der Waals surface area contributed by atoms with Crippen molar-refractivity contribution in [2.24, 2.45) is 0 Å². The lowest BCUT2D eigenvalue weighted by molar-refractivity contribution is -0.133. The van der Waals surface area contributed by atoms with Crippen molar-refractivity contribution in [2.45, 2.75) is 38.9 Å². The summed E-state index contributed by atoms with van der Waals surface area (Å²) in [5, 5.41) is 9.19. The Bertz CT molecular complexity index is 486. The van der Waals surface area contributed by atoms with Gasteiger partial charge in [0.15, 0.2) is 0 Å². The van der Waals surface area contributed by atoms with Crippen molar-refractivity contribution < 1.29 is 19.0 Å². The number of likely N-dealkylation sites (tertiary alicyclic amines) is 1. The minimum absolute atomic E-state index is 0.0768. The van der Waals surface area contributed by atoms with Gasteiger partial charge in [0.1, 0.15) is 11.9 Å². The Balaban J connectivity index is 1.87. The summed E-state index contributed by atoms with van der Waals surface area (Å²) in [6, 6.07) is 5.48. The second kappa shape index (κ2) is 6.89. The molecule has 1 aromatic carbocycles. The number of benzene rings is 1. The zero-order valence-electron chi connectivity index (χ0n) is 12.5. The highest BCUT2D eigenvalue weighted by Crippen LogP contribution is 2.23. The first-order valence-electron chi connectivity index (χ1n) is 7.26. The molecule has 116 valence electrons. The van der Waals surface area contributed by atoms with Crippen LogP contribution in [0.1, 0.15) is 24.0 Å². The molecule has 1 amide bonds. The van der Waals surface area contributed by atoms with Crippen molar-refractivity contribution >= 4 is 5.91 Å². The first kappa shape index (κ1) is 15.8. The third-order valence-electron chi connectivity index (χ3n) is 3.87. The number of carbonyl (C=O) groups excluding carboxylic acids is 1. The van der Waals surface area contributed by atoms with E-state index in [1.807, 2.05) is 32.0 Å². The largest absolute Gasteiger partial charge is 0.493 e. The van der Waals surface area contributed by atoms with Crippen LogP contribution in [0.2, 0.25) is 0 Å². The van der Waals surface area contributed by atoms with Crippen LogP contribution in [0.25, 0.3) is 0 Å². The van der Waals surface area contributed by atoms with Gasteiger partial charge in [0.25, 0.3) is 0 Å². The Hall–Kier alpha value is -1.62. The number of carbonyl (C=O) groups is 1. The topological polar surface area (TPSA) is 49.8 Å². The first-order chi connectivity index (χ1) is 10.0. The molecule has 1 saturated heterocycles. The number of aliphatic hydroxyl groups is 1. The lowest BCUT2D eigenvalue weighted by Gasteiger charge is -2.22. The Labute approximate surface area is 124 Å². The highest BCUT2D eigenvalue weighted by Gasteiger charge is 2.34. The molecule has 2 unspecified atom stereocenters. The molecule has 21 heavy (non-hydrogen) atoms. The van der Waals surface area contributed by atoms with Crippen LogP contribution in [0.15, 0.2) is 18.2 Å². The molecule has 0 bridgehead atoms. The standard InChI is InChI=1S/C16H22FNO3/c1-11-4-3-5-12(2)16(11)21-7-6-15(20)18-9-13(17)8-14(18)10-19/h3-5,13-14,19H,6-10H2,1-2H3. The lowest BCUT2D eigenvalue weighted by Crippen LogP contribution is -2.38. The zero-order valence-corrected chi connectivity index (χ0v) is 12.5. The molecule has 0 spiro atoms. The lowest BCUT2D eigenvalue weighted by atomic mass is 10.1. The Morgan fingerprint density at radius 3 is 2.71 bits per heavy atom. The van der Waals surface area contributed by atoms with Gasteiger partial charge in [0.05, 0.1) is 32.2 Å². The van der Waals surface area contributed by atoms with Crippen LogP contribution in [0.4, 0.5) is 4.39 Å². The number of halogens is 1. The Kier molecular flexibility index (Phi) is 5.17. The number of ether oxygens (including phenoxy) is 1. The zero-order chi connectivity index (χ0) is 15.4. The average Bonchev–Trinajstić information content (AvgIpc) is 2.83. The summed E-state index contributed by atoms with van der Waals surface area (Å²) >= 11 is 0. The van der Waals surface area contributed by atoms with E-state index < -0.39 is 12.2 Å². The SMILES string of the molecule is Cc1cccc(C)c1OCCC(=O)N1CC(F)CC1CO. The van der Waals surface area contributed by atoms with Crippen LogP contribution in [0, 0.1) is 13.8 Å². The molecule has 5 heteroatoms. The molecule has 0 radical (unpaired) electrons. The van der Waals surface area contributed by atoms with E-state index >= 15 is 0 Å². The van der Waals surface area contributed by atoms with Crippen LogP contribution in [-0.2, 0) is 4.79 Å². The quantitative estimate of drug-likeness (QED) is 0.904. The molecule has 1 N–H and O–H groups in total. The van der Waals surface area contributed by atoms with Gasteiger partial charge in [-0.1, -0.05) is 18.2 Å². The first-order valence-corrected chi connectivity index (χ1v) is 7.26. The maximum absolute atomic E-state index is 13.3. The molecule has 2 rings (SSSR count). The minimum atomic E-state index is -1.04. The molecule has 0 aromatic heterocycles. The van der Waals surface area contributed by atoms with Crippen LogP contribution in [-0.4, -0.2) is 47.9 Å². The average molecular weight is 295 g/mol. The molecule has 0 saturated carbocycles. The summed E-state index contributed by atoms with van der Waals surface area (Å²) < 4.78 is 19.0. The molecule has 1 aliphatic heterocycles. The monoisotopic (exact) mass is 295 g/mol. The van der Waals surface area contributed by atoms with Crippen LogP contribution in [0.3, 0.4) is 0 Å². The summed E-state index contributed by atoms with van der Waals surface area (Å²) in [6.07, 6.45) is -0.623. The van der Waals surface area contributed by atoms with E-state index in [1.54, 1.807) is 0 Å². The molecule has 0 aliphatic carbocycles. The van der Waals surface area contributed by atoms with Crippen LogP contribution in [0.5, 0.6) is 5.75 Å². The Morgan fingerprint density at radius 1 is 1.43 bits per heavy atom. The fourth-order valence-corrected chi connectivity index (χ4v) is 2.75. The number of para-hydroxylation sites is 1. The fourth-order valence-electron chi connectivity index (χ4n) is 2.75. The summed E-state index contributed by atoms with van der Waals surface area (Å²) in [4.78, 5) is 13.5. The van der Waals surface area contributed by atoms with Crippen molar-refractivity contribution in [2.75, 3.05) is 19.8 Å². The number of alkyl halides is 1. The highest BCUT2D eigenvalue weighted by molar-refractivity contribution is 5.77. The van der Waals surface area contributed by atoms with Gasteiger partial charge in [-0.3, -0.25) is 4.79 Å². The number of amides is 1. The van der Waals surface area contributed by atoms with Crippen molar-refractivity contribution in [1.82, 2.24) is 4.90 Å². The summed E-state index contributed by atoms with van der Waals surface area (Å²) in [6.45, 7) is 4.06. The van der Waals surface area contributed by atoms with E-state index in [0.717, 1.165) is 16.9 Å². The van der Waals surface area contributed by atoms with Gasteiger partial charge in [-0.25, -0.2) is 4.39 Å². The van der Waals surface area contributed by atoms with Crippen LogP contribution < -0.4 is 4.74 Å². The van der Waals surface area contributed by atoms with Gasteiger partial charge >= 0.3 is 0 Å². The number of nitrogens with zero attached hydrogens (tertiary/aromatic N) is 1. The predicted molar refractivity (Wildman–Crippen MR) is 78.1 cm³/mol. The summed E-state index contributed by atoms with van der Waals surface area (Å²) in [5.41, 5.74) is 2.06. The number of aryl methyl sites for hydroxylation is 2. The van der Waals surface area contributed by atoms with Crippen molar-refractivity contribution in [1.29, 1.82) is 0 Å². The van der Waals surface area contributed by atoms with Crippen molar-refractivity contribution in [3.63, 3.8) is 0 Å². The third-order valence-corrected chi connectivity index (χ3v) is 3.87. The number of rotatable bonds is 5. The highest BCUT2D eigenvalue weighted by atomic mass is 19.1. The van der Waals surface area contributed by atoms with Crippen molar-refractivity contribution in [3.8, 4) is 5.75 Å².